The van der Waals surface area contributed by atoms with E-state index in [4.69, 9.17) is 0 Å². The maximum absolute atomic E-state index is 12.7. The average molecular weight is 392 g/mol. The molecule has 0 spiro atoms. The largest absolute Gasteiger partial charge is 0.364 e. The van der Waals surface area contributed by atoms with Crippen LogP contribution in [-0.2, 0) is 11.3 Å². The van der Waals surface area contributed by atoms with E-state index in [1.54, 1.807) is 36.0 Å². The van der Waals surface area contributed by atoms with Crippen molar-refractivity contribution in [2.24, 2.45) is 0 Å². The number of pyridine rings is 2. The van der Waals surface area contributed by atoms with E-state index in [0.29, 0.717) is 31.0 Å². The van der Waals surface area contributed by atoms with Gasteiger partial charge in [0.15, 0.2) is 0 Å². The standard InChI is InChI=1S/C21H24N6O2/c1-15(28)25(2)17-8-10-26(14-17)21(29)16-6-7-19(22-11-16)23-12-18-13-24-20-5-3-4-9-27(18)20/h3-7,9,11,13,17H,8,10,12,14H2,1-2H3,(H,22,23)/t17-/m0/s1. The van der Waals surface area contributed by atoms with Crippen LogP contribution in [0.4, 0.5) is 5.82 Å². The van der Waals surface area contributed by atoms with E-state index in [0.717, 1.165) is 17.8 Å². The summed E-state index contributed by atoms with van der Waals surface area (Å²) in [4.78, 5) is 36.5. The normalized spacial score (nSPS) is 16.2. The average Bonchev–Trinajstić information content (AvgIpc) is 3.39. The highest BCUT2D eigenvalue weighted by atomic mass is 16.2. The molecule has 1 aliphatic heterocycles. The number of hydrogen-bond donors (Lipinski definition) is 1. The van der Waals surface area contributed by atoms with Crippen molar-refractivity contribution in [2.75, 3.05) is 25.5 Å². The molecule has 0 aromatic carbocycles. The molecule has 1 fully saturated rings. The number of nitrogens with one attached hydrogen (secondary N) is 1. The van der Waals surface area contributed by atoms with Gasteiger partial charge in [-0.2, -0.15) is 0 Å². The van der Waals surface area contributed by atoms with Crippen LogP contribution in [0.1, 0.15) is 29.4 Å². The Bertz CT molecular complexity index is 1030. The Morgan fingerprint density at radius 2 is 2.07 bits per heavy atom. The second kappa shape index (κ2) is 7.90. The smallest absolute Gasteiger partial charge is 0.255 e. The number of nitrogens with zero attached hydrogens (tertiary/aromatic N) is 5. The summed E-state index contributed by atoms with van der Waals surface area (Å²) in [6.45, 7) is 3.34. The summed E-state index contributed by atoms with van der Waals surface area (Å²) >= 11 is 0. The van der Waals surface area contributed by atoms with Gasteiger partial charge in [0, 0.05) is 39.5 Å². The van der Waals surface area contributed by atoms with Crippen molar-refractivity contribution in [1.82, 2.24) is 24.2 Å². The predicted molar refractivity (Wildman–Crippen MR) is 110 cm³/mol. The molecule has 2 amide bonds. The van der Waals surface area contributed by atoms with Gasteiger partial charge >= 0.3 is 0 Å². The molecule has 0 unspecified atom stereocenters. The van der Waals surface area contributed by atoms with Crippen molar-refractivity contribution >= 4 is 23.3 Å². The third kappa shape index (κ3) is 3.91. The van der Waals surface area contributed by atoms with Gasteiger partial charge in [0.1, 0.15) is 11.5 Å². The third-order valence-corrected chi connectivity index (χ3v) is 5.45. The molecule has 0 bridgehead atoms. The lowest BCUT2D eigenvalue weighted by molar-refractivity contribution is -0.129. The minimum absolute atomic E-state index is 0.0207. The molecule has 4 heterocycles. The number of likely N-dealkylation sites (tertiary alicyclic amines) is 1. The maximum atomic E-state index is 12.7. The van der Waals surface area contributed by atoms with Gasteiger partial charge < -0.3 is 19.5 Å². The van der Waals surface area contributed by atoms with Crippen LogP contribution in [0, 0.1) is 0 Å². The molecule has 1 aliphatic rings. The Balaban J connectivity index is 1.36. The van der Waals surface area contributed by atoms with Crippen LogP contribution in [0.5, 0.6) is 0 Å². The molecular formula is C21H24N6O2. The Kier molecular flexibility index (Phi) is 5.16. The quantitative estimate of drug-likeness (QED) is 0.718. The molecule has 3 aromatic heterocycles. The molecule has 0 radical (unpaired) electrons. The first-order valence-electron chi connectivity index (χ1n) is 9.66. The third-order valence-electron chi connectivity index (χ3n) is 5.45. The number of rotatable bonds is 5. The second-order valence-corrected chi connectivity index (χ2v) is 7.29. The van der Waals surface area contributed by atoms with E-state index in [1.807, 2.05) is 41.1 Å². The van der Waals surface area contributed by atoms with E-state index < -0.39 is 0 Å². The van der Waals surface area contributed by atoms with Gasteiger partial charge in [0.25, 0.3) is 5.91 Å². The van der Waals surface area contributed by atoms with Crippen molar-refractivity contribution in [3.63, 3.8) is 0 Å². The zero-order valence-electron chi connectivity index (χ0n) is 16.6. The SMILES string of the molecule is CC(=O)N(C)[C@H]1CCN(C(=O)c2ccc(NCc3cnc4ccccn34)nc2)C1. The van der Waals surface area contributed by atoms with Gasteiger partial charge in [-0.1, -0.05) is 6.07 Å². The van der Waals surface area contributed by atoms with Gasteiger partial charge in [-0.3, -0.25) is 9.59 Å². The van der Waals surface area contributed by atoms with Gasteiger partial charge in [-0.15, -0.1) is 0 Å². The summed E-state index contributed by atoms with van der Waals surface area (Å²) < 4.78 is 2.02. The van der Waals surface area contributed by atoms with Crippen LogP contribution in [0.25, 0.3) is 5.65 Å². The maximum Gasteiger partial charge on any atom is 0.255 e. The van der Waals surface area contributed by atoms with Gasteiger partial charge in [-0.05, 0) is 30.7 Å². The van der Waals surface area contributed by atoms with E-state index in [9.17, 15) is 9.59 Å². The Labute approximate surface area is 169 Å². The number of imidazole rings is 1. The molecular weight excluding hydrogens is 368 g/mol. The lowest BCUT2D eigenvalue weighted by Crippen LogP contribution is -2.38. The fourth-order valence-corrected chi connectivity index (χ4v) is 3.60. The molecule has 4 rings (SSSR count). The van der Waals surface area contributed by atoms with Crippen LogP contribution in [0.15, 0.2) is 48.9 Å². The lowest BCUT2D eigenvalue weighted by atomic mass is 10.2. The van der Waals surface area contributed by atoms with E-state index in [2.05, 4.69) is 15.3 Å². The number of likely N-dealkylation sites (N-methyl/N-ethyl adjacent to an activating group) is 1. The Morgan fingerprint density at radius 1 is 1.21 bits per heavy atom. The van der Waals surface area contributed by atoms with Crippen molar-refractivity contribution in [1.29, 1.82) is 0 Å². The zero-order valence-corrected chi connectivity index (χ0v) is 16.6. The fourth-order valence-electron chi connectivity index (χ4n) is 3.60. The van der Waals surface area contributed by atoms with Crippen molar-refractivity contribution in [3.8, 4) is 0 Å². The van der Waals surface area contributed by atoms with E-state index in [-0.39, 0.29) is 17.9 Å². The molecule has 1 atom stereocenters. The molecule has 1 N–H and O–H groups in total. The lowest BCUT2D eigenvalue weighted by Gasteiger charge is -2.23. The molecule has 29 heavy (non-hydrogen) atoms. The molecule has 1 saturated heterocycles. The highest BCUT2D eigenvalue weighted by Gasteiger charge is 2.30. The first-order chi connectivity index (χ1) is 14.0. The summed E-state index contributed by atoms with van der Waals surface area (Å²) in [5.41, 5.74) is 2.48. The summed E-state index contributed by atoms with van der Waals surface area (Å²) in [7, 11) is 1.78. The van der Waals surface area contributed by atoms with Crippen LogP contribution in [0.2, 0.25) is 0 Å². The summed E-state index contributed by atoms with van der Waals surface area (Å²) in [5.74, 6) is 0.667. The molecule has 8 nitrogen and oxygen atoms in total. The topological polar surface area (TPSA) is 82.8 Å². The minimum atomic E-state index is -0.0507. The van der Waals surface area contributed by atoms with Crippen LogP contribution < -0.4 is 5.32 Å². The zero-order chi connectivity index (χ0) is 20.4. The van der Waals surface area contributed by atoms with E-state index in [1.165, 1.54) is 0 Å². The molecule has 0 saturated carbocycles. The second-order valence-electron chi connectivity index (χ2n) is 7.29. The molecule has 0 aliphatic carbocycles. The predicted octanol–water partition coefficient (Wildman–Crippen LogP) is 2.03. The summed E-state index contributed by atoms with van der Waals surface area (Å²) in [5, 5.41) is 3.27. The van der Waals surface area contributed by atoms with Gasteiger partial charge in [-0.25, -0.2) is 9.97 Å². The summed E-state index contributed by atoms with van der Waals surface area (Å²) in [6, 6.07) is 9.56. The number of hydrogen-bond acceptors (Lipinski definition) is 5. The number of anilines is 1. The number of carbonyl (C=O) groups is 2. The number of fused-ring (bicyclic) bond motifs is 1. The first-order valence-corrected chi connectivity index (χ1v) is 9.66. The first kappa shape index (κ1) is 18.9. The highest BCUT2D eigenvalue weighted by molar-refractivity contribution is 5.94. The van der Waals surface area contributed by atoms with Gasteiger partial charge in [0.05, 0.1) is 30.0 Å². The van der Waals surface area contributed by atoms with Crippen molar-refractivity contribution < 1.29 is 9.59 Å². The molecule has 8 heteroatoms. The summed E-state index contributed by atoms with van der Waals surface area (Å²) in [6.07, 6.45) is 6.21. The Morgan fingerprint density at radius 3 is 2.83 bits per heavy atom. The van der Waals surface area contributed by atoms with E-state index >= 15 is 0 Å². The van der Waals surface area contributed by atoms with Crippen molar-refractivity contribution in [3.05, 3.63) is 60.2 Å². The number of carbonyl (C=O) groups excluding carboxylic acids is 2. The number of amides is 2. The monoisotopic (exact) mass is 392 g/mol. The number of aromatic nitrogens is 3. The van der Waals surface area contributed by atoms with Crippen molar-refractivity contribution in [2.45, 2.75) is 25.9 Å². The van der Waals surface area contributed by atoms with Crippen LogP contribution in [0.3, 0.4) is 0 Å². The highest BCUT2D eigenvalue weighted by Crippen LogP contribution is 2.18. The molecule has 150 valence electrons. The minimum Gasteiger partial charge on any atom is -0.364 e. The van der Waals surface area contributed by atoms with Crippen LogP contribution in [-0.4, -0.2) is 62.2 Å². The Hall–Kier alpha value is -3.42. The molecule has 3 aromatic rings. The van der Waals surface area contributed by atoms with Gasteiger partial charge in [0.2, 0.25) is 5.91 Å². The fraction of sp³-hybridized carbons (Fsp3) is 0.333. The van der Waals surface area contributed by atoms with Crippen LogP contribution >= 0.6 is 0 Å².